The van der Waals surface area contributed by atoms with Gasteiger partial charge in [0.05, 0.1) is 10.6 Å². The number of halogens is 1. The van der Waals surface area contributed by atoms with Crippen LogP contribution in [0.2, 0.25) is 0 Å². The lowest BCUT2D eigenvalue weighted by atomic mass is 10.2. The average molecular weight is 301 g/mol. The van der Waals surface area contributed by atoms with Gasteiger partial charge in [-0.25, -0.2) is 12.8 Å². The number of amides is 1. The average Bonchev–Trinajstić information content (AvgIpc) is 2.38. The zero-order valence-electron chi connectivity index (χ0n) is 11.2. The number of nitrogens with two attached hydrogens (primary N) is 1. The number of sulfonamides is 1. The van der Waals surface area contributed by atoms with Gasteiger partial charge in [0.15, 0.2) is 0 Å². The third-order valence-corrected chi connectivity index (χ3v) is 5.25. The van der Waals surface area contributed by atoms with Gasteiger partial charge in [0.2, 0.25) is 15.9 Å². The molecule has 0 spiro atoms. The minimum Gasteiger partial charge on any atom is -0.396 e. The Kier molecular flexibility index (Phi) is 3.70. The van der Waals surface area contributed by atoms with Crippen molar-refractivity contribution in [1.29, 1.82) is 0 Å². The fourth-order valence-electron chi connectivity index (χ4n) is 2.14. The molecule has 0 radical (unpaired) electrons. The molecule has 3 N–H and O–H groups in total. The number of carbonyl (C=O) groups is 1. The molecule has 0 aromatic heterocycles. The van der Waals surface area contributed by atoms with Crippen molar-refractivity contribution in [3.05, 3.63) is 23.5 Å². The Bertz CT molecular complexity index is 637. The number of hydrogen-bond acceptors (Lipinski definition) is 4. The van der Waals surface area contributed by atoms with Gasteiger partial charge in [-0.05, 0) is 31.5 Å². The van der Waals surface area contributed by atoms with E-state index in [1.165, 1.54) is 19.9 Å². The molecule has 1 aromatic carbocycles. The number of benzene rings is 1. The van der Waals surface area contributed by atoms with Crippen molar-refractivity contribution in [2.75, 3.05) is 18.8 Å². The number of nitrogen functional groups attached to an aromatic ring is 1. The molecule has 1 heterocycles. The van der Waals surface area contributed by atoms with Crippen LogP contribution < -0.4 is 11.1 Å². The first-order chi connectivity index (χ1) is 9.25. The first kappa shape index (κ1) is 14.7. The van der Waals surface area contributed by atoms with Crippen LogP contribution in [-0.4, -0.2) is 37.8 Å². The molecule has 1 amide bonds. The lowest BCUT2D eigenvalue weighted by molar-refractivity contribution is -0.126. The molecule has 1 atom stereocenters. The van der Waals surface area contributed by atoms with E-state index in [2.05, 4.69) is 5.32 Å². The second-order valence-electron chi connectivity index (χ2n) is 4.73. The van der Waals surface area contributed by atoms with Crippen molar-refractivity contribution in [2.24, 2.45) is 0 Å². The number of aryl methyl sites for hydroxylation is 1. The van der Waals surface area contributed by atoms with Crippen molar-refractivity contribution in [1.82, 2.24) is 9.62 Å². The predicted octanol–water partition coefficient (Wildman–Crippen LogP) is 0.225. The fourth-order valence-corrected chi connectivity index (χ4v) is 3.85. The molecule has 20 heavy (non-hydrogen) atoms. The van der Waals surface area contributed by atoms with E-state index in [9.17, 15) is 17.6 Å². The molecule has 0 saturated carbocycles. The van der Waals surface area contributed by atoms with Gasteiger partial charge in [0.1, 0.15) is 11.9 Å². The highest BCUT2D eigenvalue weighted by molar-refractivity contribution is 7.89. The monoisotopic (exact) mass is 301 g/mol. The van der Waals surface area contributed by atoms with Crippen LogP contribution in [0, 0.1) is 12.7 Å². The van der Waals surface area contributed by atoms with Gasteiger partial charge in [-0.1, -0.05) is 0 Å². The van der Waals surface area contributed by atoms with Crippen LogP contribution in [0.1, 0.15) is 12.5 Å². The molecule has 1 aliphatic rings. The van der Waals surface area contributed by atoms with Crippen LogP contribution >= 0.6 is 0 Å². The Morgan fingerprint density at radius 2 is 2.10 bits per heavy atom. The summed E-state index contributed by atoms with van der Waals surface area (Å²) in [5, 5.41) is 2.59. The van der Waals surface area contributed by atoms with Crippen molar-refractivity contribution in [3.8, 4) is 0 Å². The summed E-state index contributed by atoms with van der Waals surface area (Å²) in [5.74, 6) is -0.986. The topological polar surface area (TPSA) is 92.5 Å². The van der Waals surface area contributed by atoms with Crippen LogP contribution in [0.4, 0.5) is 10.1 Å². The molecule has 0 bridgehead atoms. The van der Waals surface area contributed by atoms with Gasteiger partial charge in [-0.2, -0.15) is 4.31 Å². The number of piperazine rings is 1. The van der Waals surface area contributed by atoms with Gasteiger partial charge in [-0.15, -0.1) is 0 Å². The Balaban J connectivity index is 2.47. The minimum atomic E-state index is -3.88. The lowest BCUT2D eigenvalue weighted by Crippen LogP contribution is -2.55. The normalized spacial score (nSPS) is 20.8. The number of anilines is 1. The second kappa shape index (κ2) is 5.02. The van der Waals surface area contributed by atoms with E-state index in [0.717, 1.165) is 10.4 Å². The maximum atomic E-state index is 13.5. The fraction of sp³-hybridized carbons (Fsp3) is 0.417. The number of carbonyl (C=O) groups excluding carboxylic acids is 1. The Hall–Kier alpha value is -1.67. The largest absolute Gasteiger partial charge is 0.396 e. The maximum absolute atomic E-state index is 13.5. The van der Waals surface area contributed by atoms with E-state index in [1.54, 1.807) is 0 Å². The van der Waals surface area contributed by atoms with Crippen LogP contribution in [0.5, 0.6) is 0 Å². The highest BCUT2D eigenvalue weighted by atomic mass is 32.2. The van der Waals surface area contributed by atoms with Gasteiger partial charge in [0.25, 0.3) is 0 Å². The molecule has 1 aliphatic heterocycles. The number of nitrogens with zero attached hydrogens (tertiary/aromatic N) is 1. The van der Waals surface area contributed by atoms with Crippen molar-refractivity contribution < 1.29 is 17.6 Å². The van der Waals surface area contributed by atoms with E-state index in [4.69, 9.17) is 5.73 Å². The predicted molar refractivity (Wildman–Crippen MR) is 71.9 cm³/mol. The van der Waals surface area contributed by atoms with Crippen LogP contribution in [0.15, 0.2) is 17.0 Å². The zero-order chi connectivity index (χ0) is 15.1. The van der Waals surface area contributed by atoms with Gasteiger partial charge in [0, 0.05) is 13.1 Å². The lowest BCUT2D eigenvalue weighted by Gasteiger charge is -2.31. The Morgan fingerprint density at radius 3 is 2.70 bits per heavy atom. The molecule has 2 rings (SSSR count). The van der Waals surface area contributed by atoms with E-state index in [1.807, 2.05) is 0 Å². The van der Waals surface area contributed by atoms with E-state index in [-0.39, 0.29) is 35.1 Å². The van der Waals surface area contributed by atoms with Crippen LogP contribution in [0.25, 0.3) is 0 Å². The molecular formula is C12H16FN3O3S. The number of nitrogens with one attached hydrogen (secondary N) is 1. The third kappa shape index (κ3) is 2.36. The highest BCUT2D eigenvalue weighted by Gasteiger charge is 2.35. The first-order valence-corrected chi connectivity index (χ1v) is 7.54. The minimum absolute atomic E-state index is 0.101. The summed E-state index contributed by atoms with van der Waals surface area (Å²) in [7, 11) is -3.88. The van der Waals surface area contributed by atoms with Crippen molar-refractivity contribution >= 4 is 21.6 Å². The molecule has 110 valence electrons. The second-order valence-corrected chi connectivity index (χ2v) is 6.62. The molecule has 1 saturated heterocycles. The smallest absolute Gasteiger partial charge is 0.243 e. The van der Waals surface area contributed by atoms with Crippen LogP contribution in [-0.2, 0) is 14.8 Å². The maximum Gasteiger partial charge on any atom is 0.243 e. The zero-order valence-corrected chi connectivity index (χ0v) is 12.0. The molecule has 8 heteroatoms. The van der Waals surface area contributed by atoms with E-state index >= 15 is 0 Å². The van der Waals surface area contributed by atoms with Crippen molar-refractivity contribution in [2.45, 2.75) is 24.8 Å². The summed E-state index contributed by atoms with van der Waals surface area (Å²) < 4.78 is 39.6. The highest BCUT2D eigenvalue weighted by Crippen LogP contribution is 2.25. The summed E-state index contributed by atoms with van der Waals surface area (Å²) >= 11 is 0. The third-order valence-electron chi connectivity index (χ3n) is 3.31. The van der Waals surface area contributed by atoms with Gasteiger partial charge >= 0.3 is 0 Å². The molecule has 6 nitrogen and oxygen atoms in total. The molecule has 1 fully saturated rings. The summed E-state index contributed by atoms with van der Waals surface area (Å²) in [6.45, 7) is 3.37. The first-order valence-electron chi connectivity index (χ1n) is 6.10. The standard InChI is InChI=1S/C12H16FN3O3S/c1-7-5-9(6-10(14)11(7)13)20(18,19)16-4-3-15-12(17)8(16)2/h5-6,8H,3-4,14H2,1-2H3,(H,15,17). The summed E-state index contributed by atoms with van der Waals surface area (Å²) in [6.07, 6.45) is 0. The number of hydrogen-bond donors (Lipinski definition) is 2. The summed E-state index contributed by atoms with van der Waals surface area (Å²) in [6, 6.07) is 1.50. The van der Waals surface area contributed by atoms with E-state index in [0.29, 0.717) is 0 Å². The molecular weight excluding hydrogens is 285 g/mol. The van der Waals surface area contributed by atoms with Crippen molar-refractivity contribution in [3.63, 3.8) is 0 Å². The van der Waals surface area contributed by atoms with Gasteiger partial charge in [-0.3, -0.25) is 4.79 Å². The molecule has 1 aromatic rings. The van der Waals surface area contributed by atoms with E-state index < -0.39 is 21.9 Å². The number of rotatable bonds is 2. The quantitative estimate of drug-likeness (QED) is 0.765. The summed E-state index contributed by atoms with van der Waals surface area (Å²) in [5.41, 5.74) is 5.40. The molecule has 0 aliphatic carbocycles. The molecule has 1 unspecified atom stereocenters. The Labute approximate surface area is 116 Å². The summed E-state index contributed by atoms with van der Waals surface area (Å²) in [4.78, 5) is 11.5. The SMILES string of the molecule is Cc1cc(S(=O)(=O)N2CCNC(=O)C2C)cc(N)c1F. The van der Waals surface area contributed by atoms with Crippen LogP contribution in [0.3, 0.4) is 0 Å². The van der Waals surface area contributed by atoms with Gasteiger partial charge < -0.3 is 11.1 Å². The Morgan fingerprint density at radius 1 is 1.45 bits per heavy atom.